The predicted octanol–water partition coefficient (Wildman–Crippen LogP) is 4.72. The van der Waals surface area contributed by atoms with Crippen LogP contribution in [0.15, 0.2) is 76.1 Å². The van der Waals surface area contributed by atoms with Gasteiger partial charge in [-0.3, -0.25) is 9.59 Å². The number of ether oxygens (including phenoxy) is 1. The topological polar surface area (TPSA) is 86.4 Å². The van der Waals surface area contributed by atoms with Gasteiger partial charge in [-0.15, -0.1) is 0 Å². The van der Waals surface area contributed by atoms with E-state index in [0.717, 1.165) is 0 Å². The molecule has 2 aromatic carbocycles. The van der Waals surface area contributed by atoms with Crippen molar-refractivity contribution >= 4 is 23.3 Å². The zero-order valence-corrected chi connectivity index (χ0v) is 17.5. The van der Waals surface area contributed by atoms with E-state index in [2.05, 4.69) is 10.4 Å². The molecule has 8 heteroatoms. The Morgan fingerprint density at radius 3 is 2.42 bits per heavy atom. The van der Waals surface area contributed by atoms with E-state index in [1.807, 2.05) is 0 Å². The van der Waals surface area contributed by atoms with Gasteiger partial charge in [0.1, 0.15) is 17.3 Å². The van der Waals surface area contributed by atoms with Crippen LogP contribution in [0.1, 0.15) is 16.2 Å². The Bertz CT molecular complexity index is 1280. The molecule has 1 amide bonds. The molecule has 0 aliphatic heterocycles. The van der Waals surface area contributed by atoms with E-state index in [1.165, 1.54) is 17.0 Å². The lowest BCUT2D eigenvalue weighted by Gasteiger charge is -2.18. The summed E-state index contributed by atoms with van der Waals surface area (Å²) in [6.07, 6.45) is 1.40. The number of halogens is 1. The molecule has 31 heavy (non-hydrogen) atoms. The summed E-state index contributed by atoms with van der Waals surface area (Å²) in [7, 11) is 1.56. The average molecular weight is 436 g/mol. The van der Waals surface area contributed by atoms with Gasteiger partial charge in [-0.05, 0) is 61.0 Å². The molecule has 4 rings (SSSR count). The van der Waals surface area contributed by atoms with Crippen LogP contribution in [0.5, 0.6) is 5.75 Å². The van der Waals surface area contributed by atoms with Crippen LogP contribution in [0, 0.1) is 6.92 Å². The monoisotopic (exact) mass is 435 g/mol. The number of amides is 1. The second-order valence-electron chi connectivity index (χ2n) is 6.69. The third kappa shape index (κ3) is 4.08. The van der Waals surface area contributed by atoms with Gasteiger partial charge in [0, 0.05) is 5.02 Å². The molecule has 0 saturated carbocycles. The zero-order chi connectivity index (χ0) is 22.0. The van der Waals surface area contributed by atoms with Crippen LogP contribution in [0.3, 0.4) is 0 Å². The highest BCUT2D eigenvalue weighted by molar-refractivity contribution is 6.30. The number of hydrogen-bond donors (Lipinski definition) is 1. The molecular weight excluding hydrogens is 418 g/mol. The zero-order valence-electron chi connectivity index (χ0n) is 16.8. The van der Waals surface area contributed by atoms with E-state index in [0.29, 0.717) is 27.6 Å². The van der Waals surface area contributed by atoms with Crippen molar-refractivity contribution in [1.82, 2.24) is 9.78 Å². The number of aromatic nitrogens is 2. The van der Waals surface area contributed by atoms with E-state index in [1.54, 1.807) is 68.6 Å². The summed E-state index contributed by atoms with van der Waals surface area (Å²) in [5.74, 6) is 0.460. The number of aryl methyl sites for hydroxylation is 1. The Balaban J connectivity index is 1.95. The van der Waals surface area contributed by atoms with Crippen molar-refractivity contribution < 1.29 is 13.9 Å². The molecule has 2 heterocycles. The van der Waals surface area contributed by atoms with Crippen LogP contribution in [0.25, 0.3) is 16.8 Å². The Hall–Kier alpha value is -3.84. The quantitative estimate of drug-likeness (QED) is 0.490. The third-order valence-corrected chi connectivity index (χ3v) is 4.93. The van der Waals surface area contributed by atoms with Crippen molar-refractivity contribution in [3.8, 4) is 22.6 Å². The van der Waals surface area contributed by atoms with Crippen LogP contribution >= 0.6 is 11.6 Å². The van der Waals surface area contributed by atoms with Gasteiger partial charge in [0.15, 0.2) is 5.76 Å². The minimum Gasteiger partial charge on any atom is -0.497 e. The van der Waals surface area contributed by atoms with Gasteiger partial charge in [-0.2, -0.15) is 5.10 Å². The van der Waals surface area contributed by atoms with Gasteiger partial charge < -0.3 is 14.5 Å². The minimum absolute atomic E-state index is 0.108. The molecular formula is C23H18ClN3O4. The lowest BCUT2D eigenvalue weighted by Crippen LogP contribution is -2.24. The van der Waals surface area contributed by atoms with Gasteiger partial charge in [0.25, 0.3) is 5.91 Å². The average Bonchev–Trinajstić information content (AvgIpc) is 3.32. The van der Waals surface area contributed by atoms with Gasteiger partial charge in [0.2, 0.25) is 5.43 Å². The Kier molecular flexibility index (Phi) is 5.60. The van der Waals surface area contributed by atoms with Crippen molar-refractivity contribution in [1.29, 1.82) is 0 Å². The molecule has 0 spiro atoms. The van der Waals surface area contributed by atoms with Crippen LogP contribution in [-0.4, -0.2) is 22.8 Å². The maximum atomic E-state index is 13.1. The summed E-state index contributed by atoms with van der Waals surface area (Å²) in [4.78, 5) is 26.0. The van der Waals surface area contributed by atoms with Gasteiger partial charge >= 0.3 is 0 Å². The molecule has 7 nitrogen and oxygen atoms in total. The number of benzene rings is 2. The molecule has 0 bridgehead atoms. The number of rotatable bonds is 5. The molecule has 156 valence electrons. The fourth-order valence-corrected chi connectivity index (χ4v) is 3.25. The van der Waals surface area contributed by atoms with E-state index in [-0.39, 0.29) is 22.7 Å². The highest BCUT2D eigenvalue weighted by atomic mass is 35.5. The molecule has 0 aliphatic rings. The molecule has 0 radical (unpaired) electrons. The summed E-state index contributed by atoms with van der Waals surface area (Å²) < 4.78 is 11.9. The van der Waals surface area contributed by atoms with E-state index in [9.17, 15) is 9.59 Å². The lowest BCUT2D eigenvalue weighted by molar-refractivity contribution is 0.0996. The largest absolute Gasteiger partial charge is 0.497 e. The molecule has 2 aromatic heterocycles. The Morgan fingerprint density at radius 1 is 1.10 bits per heavy atom. The number of nitrogens with zero attached hydrogens (tertiary/aromatic N) is 2. The summed E-state index contributed by atoms with van der Waals surface area (Å²) in [6.45, 7) is 1.62. The summed E-state index contributed by atoms with van der Waals surface area (Å²) >= 11 is 6.03. The molecule has 0 saturated heterocycles. The van der Waals surface area contributed by atoms with Gasteiger partial charge in [-0.25, -0.2) is 4.68 Å². The van der Waals surface area contributed by atoms with E-state index < -0.39 is 5.91 Å². The van der Waals surface area contributed by atoms with Crippen LogP contribution < -0.4 is 15.5 Å². The van der Waals surface area contributed by atoms with Crippen molar-refractivity contribution in [2.24, 2.45) is 0 Å². The fourth-order valence-electron chi connectivity index (χ4n) is 3.13. The first kappa shape index (κ1) is 20.4. The van der Waals surface area contributed by atoms with E-state index >= 15 is 0 Å². The molecule has 0 aliphatic carbocycles. The van der Waals surface area contributed by atoms with Crippen molar-refractivity contribution in [2.75, 3.05) is 12.4 Å². The maximum Gasteiger partial charge on any atom is 0.292 e. The number of furan rings is 1. The number of carbonyl (C=O) groups excluding carboxylic acids is 1. The smallest absolute Gasteiger partial charge is 0.292 e. The number of methoxy groups -OCH3 is 1. The highest BCUT2D eigenvalue weighted by Crippen LogP contribution is 2.29. The molecule has 0 atom stereocenters. The fraction of sp³-hybridized carbons (Fsp3) is 0.0870. The predicted molar refractivity (Wildman–Crippen MR) is 118 cm³/mol. The minimum atomic E-state index is -0.507. The first-order valence-electron chi connectivity index (χ1n) is 9.37. The lowest BCUT2D eigenvalue weighted by atomic mass is 10.0. The van der Waals surface area contributed by atoms with Gasteiger partial charge in [-0.1, -0.05) is 23.7 Å². The number of anilines is 1. The number of hydrogen-bond acceptors (Lipinski definition) is 5. The first-order valence-corrected chi connectivity index (χ1v) is 9.75. The van der Waals surface area contributed by atoms with Crippen LogP contribution in [-0.2, 0) is 0 Å². The van der Waals surface area contributed by atoms with Crippen LogP contribution in [0.4, 0.5) is 5.82 Å². The maximum absolute atomic E-state index is 13.1. The van der Waals surface area contributed by atoms with Crippen LogP contribution in [0.2, 0.25) is 5.02 Å². The Labute approximate surface area is 182 Å². The standard InChI is InChI=1S/C23H18ClN3O4/c1-14-21(28)20(15-5-11-18(30-2)12-6-15)22(25-23(29)19-4-3-13-31-19)27(26-14)17-9-7-16(24)8-10-17/h3-13H,1-2H3,(H,25,29). The number of carbonyl (C=O) groups is 1. The van der Waals surface area contributed by atoms with Crippen molar-refractivity contribution in [3.63, 3.8) is 0 Å². The van der Waals surface area contributed by atoms with Crippen molar-refractivity contribution in [2.45, 2.75) is 6.92 Å². The van der Waals surface area contributed by atoms with E-state index in [4.69, 9.17) is 20.8 Å². The molecule has 0 fully saturated rings. The second-order valence-corrected chi connectivity index (χ2v) is 7.12. The summed E-state index contributed by atoms with van der Waals surface area (Å²) in [6, 6.07) is 17.1. The van der Waals surface area contributed by atoms with Crippen molar-refractivity contribution in [3.05, 3.63) is 93.6 Å². The molecule has 1 N–H and O–H groups in total. The normalized spacial score (nSPS) is 10.7. The molecule has 0 unspecified atom stereocenters. The number of nitrogens with one attached hydrogen (secondary N) is 1. The molecule has 4 aromatic rings. The third-order valence-electron chi connectivity index (χ3n) is 4.68. The highest BCUT2D eigenvalue weighted by Gasteiger charge is 2.21. The SMILES string of the molecule is COc1ccc(-c2c(NC(=O)c3ccco3)n(-c3ccc(Cl)cc3)nc(C)c2=O)cc1. The second kappa shape index (κ2) is 8.49. The van der Waals surface area contributed by atoms with Gasteiger partial charge in [0.05, 0.1) is 24.6 Å². The summed E-state index contributed by atoms with van der Waals surface area (Å²) in [5, 5.41) is 7.77. The Morgan fingerprint density at radius 2 is 1.81 bits per heavy atom. The summed E-state index contributed by atoms with van der Waals surface area (Å²) in [5.41, 5.74) is 1.50. The first-order chi connectivity index (χ1) is 15.0.